The number of aromatic nitrogens is 5. The minimum atomic E-state index is -4.78. The number of nitrogens with one attached hydrogen (secondary N) is 1. The van der Waals surface area contributed by atoms with Crippen molar-refractivity contribution in [3.8, 4) is 22.9 Å². The first-order chi connectivity index (χ1) is 18.8. The minimum Gasteiger partial charge on any atom is -0.379 e. The molecule has 1 amide bonds. The number of imidazole rings is 1. The molecule has 1 aliphatic carbocycles. The van der Waals surface area contributed by atoms with Crippen molar-refractivity contribution in [2.24, 2.45) is 0 Å². The first kappa shape index (κ1) is 26.1. The molecule has 0 saturated carbocycles. The highest BCUT2D eigenvalue weighted by Crippen LogP contribution is 2.43. The Balaban J connectivity index is 1.27. The van der Waals surface area contributed by atoms with Gasteiger partial charge in [-0.2, -0.15) is 18.2 Å². The maximum Gasteiger partial charge on any atom is 0.422 e. The van der Waals surface area contributed by atoms with Gasteiger partial charge in [-0.3, -0.25) is 4.79 Å². The predicted octanol–water partition coefficient (Wildman–Crippen LogP) is 4.28. The van der Waals surface area contributed by atoms with Crippen LogP contribution < -0.4 is 5.32 Å². The van der Waals surface area contributed by atoms with Crippen LogP contribution in [0.2, 0.25) is 0 Å². The summed E-state index contributed by atoms with van der Waals surface area (Å²) in [5.41, 5.74) is -0.438. The Morgan fingerprint density at radius 1 is 1.13 bits per heavy atom. The van der Waals surface area contributed by atoms with Gasteiger partial charge in [-0.25, -0.2) is 4.98 Å². The molecular formula is C26H23F3N6O4. The number of carbonyl (C=O) groups excluding carboxylic acids is 1. The van der Waals surface area contributed by atoms with E-state index >= 15 is 0 Å². The highest BCUT2D eigenvalue weighted by Gasteiger charge is 2.43. The van der Waals surface area contributed by atoms with E-state index < -0.39 is 41.1 Å². The second-order valence-electron chi connectivity index (χ2n) is 8.80. The van der Waals surface area contributed by atoms with Crippen LogP contribution in [0.15, 0.2) is 75.8 Å². The van der Waals surface area contributed by atoms with Crippen LogP contribution in [0, 0.1) is 0 Å². The average Bonchev–Trinajstić information content (AvgIpc) is 3.71. The number of halogens is 3. The molecule has 3 heterocycles. The molecule has 5 rings (SSSR count). The van der Waals surface area contributed by atoms with Gasteiger partial charge in [0.1, 0.15) is 5.56 Å². The van der Waals surface area contributed by atoms with Gasteiger partial charge < -0.3 is 24.0 Å². The number of amides is 1. The number of carbonyl (C=O) groups is 1. The van der Waals surface area contributed by atoms with Gasteiger partial charge in [-0.05, 0) is 24.8 Å². The molecule has 202 valence electrons. The number of benzene rings is 1. The van der Waals surface area contributed by atoms with Crippen molar-refractivity contribution in [2.75, 3.05) is 6.54 Å². The highest BCUT2D eigenvalue weighted by molar-refractivity contribution is 5.84. The number of aliphatic hydroxyl groups excluding tert-OH is 1. The quantitative estimate of drug-likeness (QED) is 0.301. The van der Waals surface area contributed by atoms with Crippen molar-refractivity contribution in [1.82, 2.24) is 30.2 Å². The zero-order valence-electron chi connectivity index (χ0n) is 20.4. The van der Waals surface area contributed by atoms with Gasteiger partial charge in [0.25, 0.3) is 11.8 Å². The first-order valence-electron chi connectivity index (χ1n) is 12.1. The Morgan fingerprint density at radius 3 is 2.64 bits per heavy atom. The third kappa shape index (κ3) is 5.82. The standard InChI is InChI=1S/C26H23F3N6O4/c27-26(28,29)19-20(33-38-22(19)17-5-2-1-3-6-17)25-32-23(34-39-25)18-9-7-16(8-10-18)21(36)24(37)31-11-4-13-35-14-12-30-15-35/h1-3,5-7,9,12,14-15,21,36H,4,8,10-11,13H2,(H,31,37). The lowest BCUT2D eigenvalue weighted by Gasteiger charge is -2.18. The smallest absolute Gasteiger partial charge is 0.379 e. The van der Waals surface area contributed by atoms with Crippen LogP contribution in [0.3, 0.4) is 0 Å². The topological polar surface area (TPSA) is 132 Å². The van der Waals surface area contributed by atoms with Crippen LogP contribution in [0.5, 0.6) is 0 Å². The number of alkyl halides is 3. The fourth-order valence-electron chi connectivity index (χ4n) is 4.16. The molecule has 4 aromatic rings. The van der Waals surface area contributed by atoms with Gasteiger partial charge in [0, 0.05) is 36.6 Å². The van der Waals surface area contributed by atoms with Crippen LogP contribution in [-0.4, -0.2) is 48.5 Å². The molecule has 13 heteroatoms. The molecule has 0 saturated heterocycles. The van der Waals surface area contributed by atoms with Crippen molar-refractivity contribution in [1.29, 1.82) is 0 Å². The lowest BCUT2D eigenvalue weighted by atomic mass is 9.94. The number of nitrogens with zero attached hydrogens (tertiary/aromatic N) is 5. The number of hydrogen-bond acceptors (Lipinski definition) is 8. The predicted molar refractivity (Wildman–Crippen MR) is 131 cm³/mol. The molecule has 1 unspecified atom stereocenters. The third-order valence-electron chi connectivity index (χ3n) is 6.16. The molecule has 1 aromatic carbocycles. The van der Waals surface area contributed by atoms with Crippen molar-refractivity contribution >= 4 is 11.5 Å². The van der Waals surface area contributed by atoms with E-state index in [2.05, 4.69) is 25.6 Å². The van der Waals surface area contributed by atoms with Crippen molar-refractivity contribution < 1.29 is 32.1 Å². The molecule has 0 spiro atoms. The molecule has 0 aliphatic heterocycles. The second-order valence-corrected chi connectivity index (χ2v) is 8.80. The van der Waals surface area contributed by atoms with Crippen LogP contribution in [0.25, 0.3) is 28.5 Å². The molecule has 3 aromatic heterocycles. The SMILES string of the molecule is O=C(NCCCn1ccnc1)C(O)C1=CC=C(c2noc(-c3noc(-c4ccccc4)c3C(F)(F)F)n2)CC1. The maximum atomic E-state index is 14.0. The van der Waals surface area contributed by atoms with Crippen LogP contribution in [-0.2, 0) is 17.5 Å². The summed E-state index contributed by atoms with van der Waals surface area (Å²) in [4.78, 5) is 20.4. The largest absolute Gasteiger partial charge is 0.422 e. The fourth-order valence-corrected chi connectivity index (χ4v) is 4.16. The van der Waals surface area contributed by atoms with Crippen molar-refractivity contribution in [3.63, 3.8) is 0 Å². The number of aliphatic hydroxyl groups is 1. The maximum absolute atomic E-state index is 14.0. The molecule has 1 atom stereocenters. The number of aryl methyl sites for hydroxylation is 1. The van der Waals surface area contributed by atoms with Gasteiger partial charge in [-0.15, -0.1) is 0 Å². The van der Waals surface area contributed by atoms with Crippen LogP contribution in [0.4, 0.5) is 13.2 Å². The van der Waals surface area contributed by atoms with E-state index in [0.29, 0.717) is 43.5 Å². The van der Waals surface area contributed by atoms with Gasteiger partial charge in [0.2, 0.25) is 0 Å². The highest BCUT2D eigenvalue weighted by atomic mass is 19.4. The Bertz CT molecular complexity index is 1490. The van der Waals surface area contributed by atoms with E-state index in [-0.39, 0.29) is 11.4 Å². The Kier molecular flexibility index (Phi) is 7.41. The van der Waals surface area contributed by atoms with E-state index in [4.69, 9.17) is 9.05 Å². The fraction of sp³-hybridized carbons (Fsp3) is 0.269. The Hall–Kier alpha value is -4.52. The van der Waals surface area contributed by atoms with Gasteiger partial charge in [0.15, 0.2) is 23.4 Å². The Labute approximate surface area is 219 Å². The summed E-state index contributed by atoms with van der Waals surface area (Å²) in [6.07, 6.45) is 3.60. The van der Waals surface area contributed by atoms with Gasteiger partial charge in [0.05, 0.1) is 6.33 Å². The molecule has 10 nitrogen and oxygen atoms in total. The summed E-state index contributed by atoms with van der Waals surface area (Å²) >= 11 is 0. The normalized spacial score (nSPS) is 14.6. The van der Waals surface area contributed by atoms with E-state index in [1.807, 2.05) is 10.8 Å². The van der Waals surface area contributed by atoms with E-state index in [1.165, 1.54) is 12.1 Å². The number of rotatable bonds is 9. The third-order valence-corrected chi connectivity index (χ3v) is 6.16. The molecule has 0 radical (unpaired) electrons. The van der Waals surface area contributed by atoms with Crippen LogP contribution in [0.1, 0.15) is 30.7 Å². The molecule has 0 bridgehead atoms. The van der Waals surface area contributed by atoms with E-state index in [1.54, 1.807) is 42.9 Å². The van der Waals surface area contributed by atoms with E-state index in [0.717, 1.165) is 0 Å². The van der Waals surface area contributed by atoms with Gasteiger partial charge in [-0.1, -0.05) is 52.8 Å². The minimum absolute atomic E-state index is 0.0797. The monoisotopic (exact) mass is 540 g/mol. The summed E-state index contributed by atoms with van der Waals surface area (Å²) in [6.45, 7) is 1.08. The summed E-state index contributed by atoms with van der Waals surface area (Å²) in [5, 5.41) is 20.5. The summed E-state index contributed by atoms with van der Waals surface area (Å²) < 4.78 is 53.9. The van der Waals surface area contributed by atoms with Gasteiger partial charge >= 0.3 is 6.18 Å². The molecule has 39 heavy (non-hydrogen) atoms. The second kappa shape index (κ2) is 11.1. The summed E-state index contributed by atoms with van der Waals surface area (Å²) in [6, 6.07) is 7.80. The Morgan fingerprint density at radius 2 is 1.95 bits per heavy atom. The number of hydrogen-bond donors (Lipinski definition) is 2. The summed E-state index contributed by atoms with van der Waals surface area (Å²) in [7, 11) is 0. The molecule has 1 aliphatic rings. The average molecular weight is 541 g/mol. The molecular weight excluding hydrogens is 517 g/mol. The zero-order valence-corrected chi connectivity index (χ0v) is 20.4. The number of allylic oxidation sites excluding steroid dienone is 3. The van der Waals surface area contributed by atoms with E-state index in [9.17, 15) is 23.1 Å². The molecule has 0 fully saturated rings. The lowest BCUT2D eigenvalue weighted by Crippen LogP contribution is -2.36. The first-order valence-corrected chi connectivity index (χ1v) is 12.1. The lowest BCUT2D eigenvalue weighted by molar-refractivity contribution is -0.137. The van der Waals surface area contributed by atoms with Crippen LogP contribution >= 0.6 is 0 Å². The van der Waals surface area contributed by atoms with Crippen molar-refractivity contribution in [3.05, 3.63) is 78.2 Å². The van der Waals surface area contributed by atoms with Crippen molar-refractivity contribution in [2.45, 2.75) is 38.1 Å². The summed E-state index contributed by atoms with van der Waals surface area (Å²) in [5.74, 6) is -1.31. The zero-order chi connectivity index (χ0) is 27.4. The molecule has 2 N–H and O–H groups in total.